The Hall–Kier alpha value is -1.84. The number of nitrogens with zero attached hydrogens (tertiary/aromatic N) is 2. The zero-order valence-corrected chi connectivity index (χ0v) is 20.4. The van der Waals surface area contributed by atoms with Gasteiger partial charge in [0.2, 0.25) is 10.0 Å². The van der Waals surface area contributed by atoms with Gasteiger partial charge < -0.3 is 14.4 Å². The lowest BCUT2D eigenvalue weighted by Crippen LogP contribution is -2.46. The van der Waals surface area contributed by atoms with Crippen molar-refractivity contribution in [3.63, 3.8) is 0 Å². The lowest BCUT2D eigenvalue weighted by molar-refractivity contribution is 0.0108. The summed E-state index contributed by atoms with van der Waals surface area (Å²) in [6.07, 6.45) is 0.913. The summed E-state index contributed by atoms with van der Waals surface area (Å²) in [4.78, 5) is 17.3. The Morgan fingerprint density at radius 2 is 1.94 bits per heavy atom. The third-order valence-corrected chi connectivity index (χ3v) is 7.04. The molecule has 0 aromatic heterocycles. The number of likely N-dealkylation sites (N-methyl/N-ethyl adjacent to an activating group) is 1. The fraction of sp³-hybridized carbons (Fsp3) is 0.682. The summed E-state index contributed by atoms with van der Waals surface area (Å²) >= 11 is 0. The quantitative estimate of drug-likeness (QED) is 0.710. The van der Waals surface area contributed by atoms with E-state index in [-0.39, 0.29) is 29.7 Å². The van der Waals surface area contributed by atoms with E-state index in [0.717, 1.165) is 19.5 Å². The molecule has 0 fully saturated rings. The van der Waals surface area contributed by atoms with E-state index < -0.39 is 10.0 Å². The Labute approximate surface area is 186 Å². The Morgan fingerprint density at radius 1 is 1.23 bits per heavy atom. The van der Waals surface area contributed by atoms with Crippen LogP contribution in [-0.2, 0) is 14.8 Å². The van der Waals surface area contributed by atoms with Gasteiger partial charge in [-0.15, -0.1) is 0 Å². The number of nitrogens with one attached hydrogen (secondary N) is 1. The van der Waals surface area contributed by atoms with E-state index in [1.54, 1.807) is 44.2 Å². The van der Waals surface area contributed by atoms with Crippen LogP contribution in [0.4, 0.5) is 5.69 Å². The van der Waals surface area contributed by atoms with Crippen molar-refractivity contribution in [2.75, 3.05) is 50.9 Å². The molecule has 1 aromatic rings. The maximum absolute atomic E-state index is 13.3. The zero-order chi connectivity index (χ0) is 23.2. The molecule has 0 radical (unpaired) electrons. The third kappa shape index (κ3) is 6.82. The highest BCUT2D eigenvalue weighted by Gasteiger charge is 2.28. The highest BCUT2D eigenvalue weighted by atomic mass is 32.2. The van der Waals surface area contributed by atoms with Gasteiger partial charge in [0.15, 0.2) is 0 Å². The lowest BCUT2D eigenvalue weighted by atomic mass is 10.0. The minimum atomic E-state index is -3.45. The number of anilines is 1. The number of amides is 1. The van der Waals surface area contributed by atoms with Crippen LogP contribution in [0.25, 0.3) is 0 Å². The second-order valence-electron chi connectivity index (χ2n) is 8.31. The number of hydrogen-bond donors (Lipinski definition) is 1. The largest absolute Gasteiger partial charge is 0.491 e. The summed E-state index contributed by atoms with van der Waals surface area (Å²) in [5.74, 6) is 0.380. The number of sulfonamides is 1. The number of rotatable bonds is 6. The Balaban J connectivity index is 2.44. The normalized spacial score (nSPS) is 24.0. The fourth-order valence-electron chi connectivity index (χ4n) is 3.77. The molecule has 1 amide bonds. The predicted molar refractivity (Wildman–Crippen MR) is 123 cm³/mol. The van der Waals surface area contributed by atoms with Crippen molar-refractivity contribution < 1.29 is 22.7 Å². The van der Waals surface area contributed by atoms with Crippen molar-refractivity contribution in [1.82, 2.24) is 9.80 Å². The molecule has 0 saturated carbocycles. The summed E-state index contributed by atoms with van der Waals surface area (Å²) < 4.78 is 38.3. The maximum Gasteiger partial charge on any atom is 0.257 e. The minimum Gasteiger partial charge on any atom is -0.491 e. The topological polar surface area (TPSA) is 88.2 Å². The van der Waals surface area contributed by atoms with Crippen LogP contribution in [0.15, 0.2) is 18.2 Å². The van der Waals surface area contributed by atoms with Crippen LogP contribution in [0.5, 0.6) is 5.75 Å². The van der Waals surface area contributed by atoms with E-state index >= 15 is 0 Å². The number of methoxy groups -OCH3 is 1. The molecule has 3 atom stereocenters. The molecular weight excluding hydrogens is 418 g/mol. The number of carbonyl (C=O) groups is 1. The smallest absolute Gasteiger partial charge is 0.257 e. The molecule has 1 heterocycles. The summed E-state index contributed by atoms with van der Waals surface area (Å²) in [6, 6.07) is 4.98. The first-order valence-corrected chi connectivity index (χ1v) is 12.6. The van der Waals surface area contributed by atoms with Crippen molar-refractivity contribution in [2.24, 2.45) is 5.92 Å². The highest BCUT2D eigenvalue weighted by Crippen LogP contribution is 2.27. The molecule has 1 N–H and O–H groups in total. The van der Waals surface area contributed by atoms with Crippen LogP contribution in [0.2, 0.25) is 0 Å². The molecule has 9 heteroatoms. The van der Waals surface area contributed by atoms with E-state index in [9.17, 15) is 13.2 Å². The van der Waals surface area contributed by atoms with E-state index in [0.29, 0.717) is 30.2 Å². The SMILES string of the molecule is CCCN1C[C@@H](C)[C@@H](OC)CN(C)C(=O)c2cc(NS(=O)(=O)CC)ccc2OC[C@H]1C. The molecule has 0 bridgehead atoms. The van der Waals surface area contributed by atoms with E-state index in [4.69, 9.17) is 9.47 Å². The first-order chi connectivity index (χ1) is 14.6. The van der Waals surface area contributed by atoms with Gasteiger partial charge in [-0.05, 0) is 50.9 Å². The van der Waals surface area contributed by atoms with Crippen molar-refractivity contribution in [3.05, 3.63) is 23.8 Å². The number of carbonyl (C=O) groups excluding carboxylic acids is 1. The summed E-state index contributed by atoms with van der Waals surface area (Å²) in [6.45, 7) is 10.6. The van der Waals surface area contributed by atoms with Crippen LogP contribution in [-0.4, -0.2) is 82.4 Å². The second-order valence-corrected chi connectivity index (χ2v) is 10.3. The molecule has 0 saturated heterocycles. The number of benzene rings is 1. The molecule has 2 rings (SSSR count). The Bertz CT molecular complexity index is 846. The lowest BCUT2D eigenvalue weighted by Gasteiger charge is -2.35. The van der Waals surface area contributed by atoms with E-state index in [1.807, 2.05) is 0 Å². The van der Waals surface area contributed by atoms with E-state index in [2.05, 4.69) is 30.4 Å². The second kappa shape index (κ2) is 11.2. The standard InChI is InChI=1S/C22H37N3O5S/c1-7-11-25-13-16(3)21(29-6)14-24(5)22(26)19-12-18(23-31(27,28)8-2)9-10-20(19)30-15-17(25)4/h9-10,12,16-17,21,23H,7-8,11,13-15H2,1-6H3/t16-,17-,21+/m1/s1. The average Bonchev–Trinajstić information content (AvgIpc) is 2.74. The summed E-state index contributed by atoms with van der Waals surface area (Å²) in [5.41, 5.74) is 0.673. The first kappa shape index (κ1) is 25.4. The van der Waals surface area contributed by atoms with Gasteiger partial charge in [0.1, 0.15) is 12.4 Å². The Morgan fingerprint density at radius 3 is 2.55 bits per heavy atom. The molecule has 8 nitrogen and oxygen atoms in total. The highest BCUT2D eigenvalue weighted by molar-refractivity contribution is 7.92. The van der Waals surface area contributed by atoms with Gasteiger partial charge >= 0.3 is 0 Å². The number of ether oxygens (including phenoxy) is 2. The molecule has 1 aliphatic rings. The van der Waals surface area contributed by atoms with Crippen LogP contribution in [0.1, 0.15) is 44.5 Å². The third-order valence-electron chi connectivity index (χ3n) is 5.74. The van der Waals surface area contributed by atoms with Gasteiger partial charge in [-0.25, -0.2) is 8.42 Å². The van der Waals surface area contributed by atoms with Crippen molar-refractivity contribution in [2.45, 2.75) is 46.3 Å². The zero-order valence-electron chi connectivity index (χ0n) is 19.6. The molecule has 0 spiro atoms. The molecule has 1 aromatic carbocycles. The molecule has 0 aliphatic carbocycles. The molecule has 1 aliphatic heterocycles. The summed E-state index contributed by atoms with van der Waals surface area (Å²) in [5, 5.41) is 0. The van der Waals surface area contributed by atoms with Crippen LogP contribution in [0.3, 0.4) is 0 Å². The summed E-state index contributed by atoms with van der Waals surface area (Å²) in [7, 11) is -0.0525. The van der Waals surface area contributed by atoms with Gasteiger partial charge in [0.05, 0.1) is 17.4 Å². The molecule has 0 unspecified atom stereocenters. The van der Waals surface area contributed by atoms with Gasteiger partial charge in [0, 0.05) is 39.0 Å². The Kier molecular flexibility index (Phi) is 9.14. The average molecular weight is 456 g/mol. The number of hydrogen-bond acceptors (Lipinski definition) is 6. The van der Waals surface area contributed by atoms with Crippen molar-refractivity contribution >= 4 is 21.6 Å². The number of fused-ring (bicyclic) bond motifs is 1. The van der Waals surface area contributed by atoms with Gasteiger partial charge in [-0.1, -0.05) is 13.8 Å². The molecule has 31 heavy (non-hydrogen) atoms. The van der Waals surface area contributed by atoms with Crippen LogP contribution in [0, 0.1) is 5.92 Å². The molecule has 176 valence electrons. The van der Waals surface area contributed by atoms with E-state index in [1.165, 1.54) is 0 Å². The minimum absolute atomic E-state index is 0.0490. The predicted octanol–water partition coefficient (Wildman–Crippen LogP) is 2.66. The van der Waals surface area contributed by atoms with Crippen molar-refractivity contribution in [3.8, 4) is 5.75 Å². The monoisotopic (exact) mass is 455 g/mol. The van der Waals surface area contributed by atoms with Crippen LogP contribution < -0.4 is 9.46 Å². The van der Waals surface area contributed by atoms with Gasteiger partial charge in [-0.2, -0.15) is 0 Å². The maximum atomic E-state index is 13.3. The van der Waals surface area contributed by atoms with Gasteiger partial charge in [0.25, 0.3) is 5.91 Å². The fourth-order valence-corrected chi connectivity index (χ4v) is 4.40. The van der Waals surface area contributed by atoms with Gasteiger partial charge in [-0.3, -0.25) is 14.4 Å². The van der Waals surface area contributed by atoms with Crippen LogP contribution >= 0.6 is 0 Å². The molecular formula is C22H37N3O5S. The first-order valence-electron chi connectivity index (χ1n) is 10.9. The van der Waals surface area contributed by atoms with Crippen molar-refractivity contribution in [1.29, 1.82) is 0 Å².